The molecular formula is C62H84N10O9S. The number of nitrogens with zero attached hydrogens (tertiary/aromatic N) is 8. The monoisotopic (exact) mass is 1140 g/mol. The highest BCUT2D eigenvalue weighted by atomic mass is 32.1. The number of thiazole rings is 1. The van der Waals surface area contributed by atoms with Gasteiger partial charge in [-0.15, -0.1) is 11.3 Å². The van der Waals surface area contributed by atoms with Crippen LogP contribution in [0.25, 0.3) is 33.4 Å². The lowest BCUT2D eigenvalue weighted by Gasteiger charge is -2.45. The normalized spacial score (nSPS) is 29.5. The van der Waals surface area contributed by atoms with Crippen LogP contribution in [0.15, 0.2) is 52.9 Å². The fourth-order valence-corrected chi connectivity index (χ4v) is 15.1. The molecule has 19 nitrogen and oxygen atoms in total. The Labute approximate surface area is 485 Å². The molecule has 13 rings (SSSR count). The molecule has 6 bridgehead atoms. The number of piperazine rings is 1. The summed E-state index contributed by atoms with van der Waals surface area (Å²) < 4.78 is 39.2. The molecule has 3 aliphatic carbocycles. The van der Waals surface area contributed by atoms with Crippen LogP contribution in [0.3, 0.4) is 0 Å². The van der Waals surface area contributed by atoms with Crippen LogP contribution < -0.4 is 16.1 Å². The summed E-state index contributed by atoms with van der Waals surface area (Å²) in [5, 5.41) is 8.29. The predicted octanol–water partition coefficient (Wildman–Crippen LogP) is 7.93. The topological polar surface area (TPSA) is 205 Å². The zero-order valence-corrected chi connectivity index (χ0v) is 50.0. The Balaban J connectivity index is 0.995. The average Bonchev–Trinajstić information content (AvgIpc) is 4.43. The van der Waals surface area contributed by atoms with Crippen molar-refractivity contribution in [1.82, 2.24) is 39.6 Å². The van der Waals surface area contributed by atoms with E-state index in [1.54, 1.807) is 13.4 Å². The number of esters is 1. The lowest BCUT2D eigenvalue weighted by atomic mass is 9.63. The molecule has 4 aromatic heterocycles. The van der Waals surface area contributed by atoms with Gasteiger partial charge in [0.05, 0.1) is 90.4 Å². The number of pyridine rings is 1. The zero-order valence-electron chi connectivity index (χ0n) is 49.2. The van der Waals surface area contributed by atoms with Gasteiger partial charge < -0.3 is 42.9 Å². The maximum Gasteiger partial charge on any atom is 0.311 e. The van der Waals surface area contributed by atoms with Crippen molar-refractivity contribution in [2.24, 2.45) is 34.4 Å². The molecule has 0 unspecified atom stereocenters. The predicted molar refractivity (Wildman–Crippen MR) is 312 cm³/mol. The molecule has 20 heteroatoms. The van der Waals surface area contributed by atoms with Gasteiger partial charge in [0.1, 0.15) is 17.3 Å². The number of ether oxygens (including phenoxy) is 5. The van der Waals surface area contributed by atoms with E-state index in [-0.39, 0.29) is 60.6 Å². The van der Waals surface area contributed by atoms with E-state index in [4.69, 9.17) is 43.9 Å². The van der Waals surface area contributed by atoms with Gasteiger partial charge in [-0.25, -0.2) is 15.8 Å². The van der Waals surface area contributed by atoms with Crippen LogP contribution in [0, 0.1) is 28.6 Å². The second-order valence-corrected chi connectivity index (χ2v) is 27.2. The number of methoxy groups -OCH3 is 1. The van der Waals surface area contributed by atoms with Crippen LogP contribution in [-0.2, 0) is 51.0 Å². The van der Waals surface area contributed by atoms with E-state index in [0.717, 1.165) is 89.4 Å². The number of benzene rings is 1. The number of rotatable bonds is 13. The first-order chi connectivity index (χ1) is 39.4. The van der Waals surface area contributed by atoms with Crippen LogP contribution in [0.1, 0.15) is 127 Å². The fraction of sp³-hybridized carbons (Fsp3) is 0.645. The Bertz CT molecular complexity index is 3120. The van der Waals surface area contributed by atoms with Crippen molar-refractivity contribution >= 4 is 45.7 Å². The Morgan fingerprint density at radius 2 is 1.74 bits per heavy atom. The number of fused-ring (bicyclic) bond motifs is 8. The SMILES string of the molecule is CO[C@@H](C)c1ncc(N2CCN(C3CC3)CC2)cc1-c1c2c3cc(ccc3n1CCO[C@H]1CCOC(C)(C)C1)-c1csc(n1)[C@@H](N1CCOCC1)[C@H](NC(=O)[C@@H]1[C@@H](C)[C@H]1c1cocn1)C(=O)N(N)CC1CC(C)(C1)C(=O)OCC(C)(C)C2. The number of amides is 2. The molecule has 1 aromatic carbocycles. The molecule has 82 heavy (non-hydrogen) atoms. The van der Waals surface area contributed by atoms with E-state index in [9.17, 15) is 9.59 Å². The highest BCUT2D eigenvalue weighted by molar-refractivity contribution is 7.10. The molecule has 6 fully saturated rings. The van der Waals surface area contributed by atoms with Gasteiger partial charge in [0.25, 0.3) is 5.91 Å². The lowest BCUT2D eigenvalue weighted by molar-refractivity contribution is -0.167. The van der Waals surface area contributed by atoms with E-state index in [2.05, 4.69) is 93.8 Å². The summed E-state index contributed by atoms with van der Waals surface area (Å²) in [7, 11) is 1.74. The lowest BCUT2D eigenvalue weighted by Crippen LogP contribution is -2.60. The first-order valence-electron chi connectivity index (χ1n) is 30.0. The van der Waals surface area contributed by atoms with Crippen molar-refractivity contribution in [2.75, 3.05) is 90.9 Å². The van der Waals surface area contributed by atoms with Crippen molar-refractivity contribution in [3.63, 3.8) is 0 Å². The molecule has 3 saturated heterocycles. The van der Waals surface area contributed by atoms with E-state index in [1.165, 1.54) is 35.6 Å². The summed E-state index contributed by atoms with van der Waals surface area (Å²) in [5.41, 5.74) is 6.87. The van der Waals surface area contributed by atoms with Crippen molar-refractivity contribution in [3.8, 4) is 22.5 Å². The number of anilines is 1. The van der Waals surface area contributed by atoms with Crippen molar-refractivity contribution in [3.05, 3.63) is 70.5 Å². The maximum atomic E-state index is 15.2. The van der Waals surface area contributed by atoms with Crippen molar-refractivity contribution in [2.45, 2.75) is 142 Å². The number of nitrogens with one attached hydrogen (secondary N) is 1. The highest BCUT2D eigenvalue weighted by Gasteiger charge is 2.55. The van der Waals surface area contributed by atoms with E-state index >= 15 is 4.79 Å². The summed E-state index contributed by atoms with van der Waals surface area (Å²) >= 11 is 1.48. The Kier molecular flexibility index (Phi) is 16.0. The third-order valence-corrected chi connectivity index (χ3v) is 19.9. The van der Waals surface area contributed by atoms with Gasteiger partial charge >= 0.3 is 5.97 Å². The minimum Gasteiger partial charge on any atom is -0.465 e. The van der Waals surface area contributed by atoms with Gasteiger partial charge in [-0.05, 0) is 102 Å². The first kappa shape index (κ1) is 57.1. The smallest absolute Gasteiger partial charge is 0.311 e. The molecule has 2 amide bonds. The summed E-state index contributed by atoms with van der Waals surface area (Å²) in [6, 6.07) is 7.87. The second-order valence-electron chi connectivity index (χ2n) is 26.3. The summed E-state index contributed by atoms with van der Waals surface area (Å²) in [6.45, 7) is 22.6. The van der Waals surface area contributed by atoms with E-state index in [1.807, 2.05) is 20.0 Å². The number of carbonyl (C=O) groups is 3. The summed E-state index contributed by atoms with van der Waals surface area (Å²) in [4.78, 5) is 66.7. The van der Waals surface area contributed by atoms with Gasteiger partial charge in [0.2, 0.25) is 5.91 Å². The maximum absolute atomic E-state index is 15.2. The van der Waals surface area contributed by atoms with Gasteiger partial charge in [-0.1, -0.05) is 26.8 Å². The summed E-state index contributed by atoms with van der Waals surface area (Å²) in [6.07, 6.45) is 10.5. The zero-order chi connectivity index (χ0) is 57.2. The molecule has 7 atom stereocenters. The van der Waals surface area contributed by atoms with Gasteiger partial charge in [-0.2, -0.15) is 0 Å². The van der Waals surface area contributed by atoms with Crippen LogP contribution in [0.2, 0.25) is 0 Å². The minimum absolute atomic E-state index is 0.0157. The van der Waals surface area contributed by atoms with Gasteiger partial charge in [-0.3, -0.25) is 34.2 Å². The highest BCUT2D eigenvalue weighted by Crippen LogP contribution is 2.54. The molecule has 0 radical (unpaired) electrons. The largest absolute Gasteiger partial charge is 0.465 e. The van der Waals surface area contributed by atoms with Crippen LogP contribution in [0.4, 0.5) is 5.69 Å². The molecule has 5 aromatic rings. The van der Waals surface area contributed by atoms with Crippen molar-refractivity contribution < 1.29 is 42.5 Å². The molecule has 9 heterocycles. The second kappa shape index (κ2) is 22.9. The van der Waals surface area contributed by atoms with Gasteiger partial charge in [0, 0.05) is 123 Å². The Morgan fingerprint density at radius 1 is 0.963 bits per heavy atom. The Morgan fingerprint density at radius 3 is 2.46 bits per heavy atom. The molecule has 442 valence electrons. The number of hydrazine groups is 1. The third kappa shape index (κ3) is 11.6. The molecule has 3 saturated carbocycles. The number of nitrogens with two attached hydrogens (primary N) is 1. The standard InChI is InChI=1S/C62H84N10O9S/c1-37-50(47-33-78-36-65-47)51(37)56(73)67-53-55(70-18-22-77-23-19-70)57-66-48(34-82-57)40-9-12-49-44(25-40)46(30-60(3,4)35-80-59(75)62(7)27-39(28-62)32-72(63)58(53)74)54(71(49)20-24-79-43-13-21-81-61(5,6)29-43)45-26-42(31-64-52(45)38(2)76-8)69-16-14-68(15-17-69)41-10-11-41/h9,12,25-26,31,33-34,36-39,41,43,50-51,53,55H,10-11,13-24,27-30,32,35,63H2,1-8H3,(H,67,73)/t37-,38-,39?,43-,50-,51+,53-,55-,62?/m0/s1. The van der Waals surface area contributed by atoms with Crippen molar-refractivity contribution in [1.29, 1.82) is 0 Å². The molecule has 5 aliphatic heterocycles. The quantitative estimate of drug-likeness (QED) is 0.0652. The molecule has 0 spiro atoms. The number of oxazole rings is 1. The summed E-state index contributed by atoms with van der Waals surface area (Å²) in [5.74, 6) is 5.27. The molecule has 8 aliphatic rings. The minimum atomic E-state index is -1.10. The van der Waals surface area contributed by atoms with E-state index < -0.39 is 34.7 Å². The van der Waals surface area contributed by atoms with Crippen LogP contribution in [-0.4, -0.2) is 162 Å². The number of morpholine rings is 1. The third-order valence-electron chi connectivity index (χ3n) is 19.0. The average molecular weight is 1150 g/mol. The number of carbonyl (C=O) groups excluding carboxylic acids is 3. The molecular weight excluding hydrogens is 1060 g/mol. The first-order valence-corrected chi connectivity index (χ1v) is 30.9. The number of hydrogen-bond donors (Lipinski definition) is 2. The number of hydrogen-bond acceptors (Lipinski definition) is 17. The molecule has 3 N–H and O–H groups in total. The van der Waals surface area contributed by atoms with E-state index in [0.29, 0.717) is 82.1 Å². The van der Waals surface area contributed by atoms with Crippen LogP contribution in [0.5, 0.6) is 0 Å². The van der Waals surface area contributed by atoms with Crippen LogP contribution >= 0.6 is 11.3 Å². The van der Waals surface area contributed by atoms with Gasteiger partial charge in [0.15, 0.2) is 6.39 Å². The Hall–Kier alpha value is -5.32. The number of aromatic nitrogens is 4. The fourth-order valence-electron chi connectivity index (χ4n) is 14.2.